The van der Waals surface area contributed by atoms with Crippen LogP contribution in [0.2, 0.25) is 0 Å². The SMILES string of the molecule is COc1cc(OC)c2c(C(CN)N(C)C)c[nH]c2c1. The molecule has 5 nitrogen and oxygen atoms in total. The molecule has 1 unspecified atom stereocenters. The Morgan fingerprint density at radius 2 is 2.00 bits per heavy atom. The molecule has 3 N–H and O–H groups in total. The summed E-state index contributed by atoms with van der Waals surface area (Å²) in [6.07, 6.45) is 1.99. The van der Waals surface area contributed by atoms with Crippen molar-refractivity contribution in [2.75, 3.05) is 34.9 Å². The van der Waals surface area contributed by atoms with E-state index in [0.717, 1.165) is 28.0 Å². The van der Waals surface area contributed by atoms with Gasteiger partial charge in [-0.05, 0) is 19.7 Å². The lowest BCUT2D eigenvalue weighted by molar-refractivity contribution is 0.307. The monoisotopic (exact) mass is 263 g/mol. The predicted octanol–water partition coefficient (Wildman–Crippen LogP) is 1.75. The second kappa shape index (κ2) is 5.50. The Hall–Kier alpha value is -1.72. The minimum Gasteiger partial charge on any atom is -0.497 e. The summed E-state index contributed by atoms with van der Waals surface area (Å²) in [6.45, 7) is 0.551. The fourth-order valence-electron chi connectivity index (χ4n) is 2.39. The van der Waals surface area contributed by atoms with Crippen molar-refractivity contribution in [1.82, 2.24) is 9.88 Å². The molecule has 0 fully saturated rings. The van der Waals surface area contributed by atoms with Crippen molar-refractivity contribution in [3.63, 3.8) is 0 Å². The second-order valence-corrected chi connectivity index (χ2v) is 4.71. The molecule has 104 valence electrons. The van der Waals surface area contributed by atoms with Gasteiger partial charge in [0.05, 0.1) is 19.7 Å². The molecule has 1 heterocycles. The van der Waals surface area contributed by atoms with Crippen LogP contribution in [0.3, 0.4) is 0 Å². The van der Waals surface area contributed by atoms with Gasteiger partial charge < -0.3 is 25.1 Å². The highest BCUT2D eigenvalue weighted by atomic mass is 16.5. The summed E-state index contributed by atoms with van der Waals surface area (Å²) in [4.78, 5) is 5.37. The maximum Gasteiger partial charge on any atom is 0.132 e. The molecule has 1 atom stereocenters. The normalized spacial score (nSPS) is 12.9. The van der Waals surface area contributed by atoms with Gasteiger partial charge in [0.1, 0.15) is 11.5 Å². The molecule has 1 aromatic carbocycles. The lowest BCUT2D eigenvalue weighted by atomic mass is 10.0. The van der Waals surface area contributed by atoms with Crippen LogP contribution in [0.15, 0.2) is 18.3 Å². The molecule has 0 saturated carbocycles. The van der Waals surface area contributed by atoms with Gasteiger partial charge in [0.2, 0.25) is 0 Å². The number of nitrogens with zero attached hydrogens (tertiary/aromatic N) is 1. The third-order valence-electron chi connectivity index (χ3n) is 3.41. The van der Waals surface area contributed by atoms with Crippen LogP contribution in [0.5, 0.6) is 11.5 Å². The molecule has 19 heavy (non-hydrogen) atoms. The van der Waals surface area contributed by atoms with Crippen LogP contribution in [0.4, 0.5) is 0 Å². The van der Waals surface area contributed by atoms with E-state index in [-0.39, 0.29) is 6.04 Å². The van der Waals surface area contributed by atoms with Crippen molar-refractivity contribution in [2.45, 2.75) is 6.04 Å². The first-order chi connectivity index (χ1) is 9.12. The van der Waals surface area contributed by atoms with E-state index in [9.17, 15) is 0 Å². The predicted molar refractivity (Wildman–Crippen MR) is 76.9 cm³/mol. The number of likely N-dealkylation sites (N-methyl/N-ethyl adjacent to an activating group) is 1. The van der Waals surface area contributed by atoms with Gasteiger partial charge in [0.25, 0.3) is 0 Å². The second-order valence-electron chi connectivity index (χ2n) is 4.71. The zero-order valence-electron chi connectivity index (χ0n) is 11.9. The van der Waals surface area contributed by atoms with Gasteiger partial charge in [-0.25, -0.2) is 0 Å². The van der Waals surface area contributed by atoms with Crippen molar-refractivity contribution >= 4 is 10.9 Å². The van der Waals surface area contributed by atoms with Gasteiger partial charge in [-0.15, -0.1) is 0 Å². The number of aromatic amines is 1. The van der Waals surface area contributed by atoms with E-state index >= 15 is 0 Å². The molecule has 0 saturated heterocycles. The highest BCUT2D eigenvalue weighted by Gasteiger charge is 2.19. The molecule has 0 aliphatic heterocycles. The summed E-state index contributed by atoms with van der Waals surface area (Å²) in [5.74, 6) is 1.57. The van der Waals surface area contributed by atoms with E-state index in [1.807, 2.05) is 32.4 Å². The maximum absolute atomic E-state index is 5.88. The van der Waals surface area contributed by atoms with E-state index in [1.54, 1.807) is 14.2 Å². The molecule has 2 rings (SSSR count). The standard InChI is InChI=1S/C14H21N3O2/c1-17(2)12(7-15)10-8-16-11-5-9(18-3)6-13(19-4)14(10)11/h5-6,8,12,16H,7,15H2,1-4H3. The Kier molecular flexibility index (Phi) is 3.97. The summed E-state index contributed by atoms with van der Waals surface area (Å²) < 4.78 is 10.8. The first-order valence-corrected chi connectivity index (χ1v) is 6.21. The van der Waals surface area contributed by atoms with E-state index in [0.29, 0.717) is 6.54 Å². The Morgan fingerprint density at radius 3 is 2.53 bits per heavy atom. The number of ether oxygens (including phenoxy) is 2. The zero-order valence-corrected chi connectivity index (χ0v) is 11.9. The van der Waals surface area contributed by atoms with Crippen LogP contribution in [0.25, 0.3) is 10.9 Å². The Morgan fingerprint density at radius 1 is 1.26 bits per heavy atom. The molecule has 0 bridgehead atoms. The summed E-state index contributed by atoms with van der Waals surface area (Å²) in [5.41, 5.74) is 8.02. The van der Waals surface area contributed by atoms with Crippen molar-refractivity contribution < 1.29 is 9.47 Å². The molecule has 2 aromatic rings. The van der Waals surface area contributed by atoms with Gasteiger partial charge in [0, 0.05) is 36.3 Å². The van der Waals surface area contributed by atoms with Crippen LogP contribution >= 0.6 is 0 Å². The smallest absolute Gasteiger partial charge is 0.132 e. The minimum atomic E-state index is 0.149. The topological polar surface area (TPSA) is 63.5 Å². The summed E-state index contributed by atoms with van der Waals surface area (Å²) in [5, 5.41) is 1.06. The number of benzene rings is 1. The number of methoxy groups -OCH3 is 2. The number of nitrogens with one attached hydrogen (secondary N) is 1. The highest BCUT2D eigenvalue weighted by Crippen LogP contribution is 2.36. The van der Waals surface area contributed by atoms with Crippen LogP contribution in [-0.2, 0) is 0 Å². The number of fused-ring (bicyclic) bond motifs is 1. The molecule has 0 amide bonds. The molecular formula is C14H21N3O2. The van der Waals surface area contributed by atoms with Gasteiger partial charge in [-0.2, -0.15) is 0 Å². The summed E-state index contributed by atoms with van der Waals surface area (Å²) >= 11 is 0. The molecule has 5 heteroatoms. The molecule has 1 aromatic heterocycles. The van der Waals surface area contributed by atoms with E-state index in [1.165, 1.54) is 0 Å². The highest BCUT2D eigenvalue weighted by molar-refractivity contribution is 5.91. The average Bonchev–Trinajstić information content (AvgIpc) is 2.82. The Balaban J connectivity index is 2.64. The van der Waals surface area contributed by atoms with Crippen LogP contribution in [-0.4, -0.2) is 44.7 Å². The Labute approximate surface area is 113 Å². The Bertz CT molecular complexity index is 563. The summed E-state index contributed by atoms with van der Waals surface area (Å²) in [7, 11) is 7.35. The quantitative estimate of drug-likeness (QED) is 0.862. The fourth-order valence-corrected chi connectivity index (χ4v) is 2.39. The number of aromatic nitrogens is 1. The van der Waals surface area contributed by atoms with Crippen molar-refractivity contribution in [3.8, 4) is 11.5 Å². The van der Waals surface area contributed by atoms with Gasteiger partial charge in [0.15, 0.2) is 0 Å². The molecular weight excluding hydrogens is 242 g/mol. The van der Waals surface area contributed by atoms with Crippen LogP contribution in [0, 0.1) is 0 Å². The minimum absolute atomic E-state index is 0.149. The zero-order chi connectivity index (χ0) is 14.0. The van der Waals surface area contributed by atoms with Crippen LogP contribution in [0.1, 0.15) is 11.6 Å². The van der Waals surface area contributed by atoms with Crippen molar-refractivity contribution in [1.29, 1.82) is 0 Å². The van der Waals surface area contributed by atoms with Crippen molar-refractivity contribution in [2.24, 2.45) is 5.73 Å². The largest absolute Gasteiger partial charge is 0.497 e. The van der Waals surface area contributed by atoms with Gasteiger partial charge in [-0.3, -0.25) is 0 Å². The third kappa shape index (κ3) is 2.39. The molecule has 0 aliphatic carbocycles. The fraction of sp³-hybridized carbons (Fsp3) is 0.429. The first-order valence-electron chi connectivity index (χ1n) is 6.21. The maximum atomic E-state index is 5.88. The first kappa shape index (κ1) is 13.7. The molecule has 0 spiro atoms. The average molecular weight is 263 g/mol. The third-order valence-corrected chi connectivity index (χ3v) is 3.41. The van der Waals surface area contributed by atoms with E-state index < -0.39 is 0 Å². The molecule has 0 radical (unpaired) electrons. The van der Waals surface area contributed by atoms with E-state index in [2.05, 4.69) is 9.88 Å². The number of rotatable bonds is 5. The number of hydrogen-bond acceptors (Lipinski definition) is 4. The lowest BCUT2D eigenvalue weighted by Crippen LogP contribution is -2.27. The number of nitrogens with two attached hydrogens (primary N) is 1. The number of H-pyrrole nitrogens is 1. The number of hydrogen-bond donors (Lipinski definition) is 2. The van der Waals surface area contributed by atoms with Gasteiger partial charge >= 0.3 is 0 Å². The van der Waals surface area contributed by atoms with Crippen molar-refractivity contribution in [3.05, 3.63) is 23.9 Å². The van der Waals surface area contributed by atoms with Gasteiger partial charge in [-0.1, -0.05) is 0 Å². The van der Waals surface area contributed by atoms with E-state index in [4.69, 9.17) is 15.2 Å². The molecule has 0 aliphatic rings. The lowest BCUT2D eigenvalue weighted by Gasteiger charge is -2.22. The summed E-state index contributed by atoms with van der Waals surface area (Å²) in [6, 6.07) is 4.00. The van der Waals surface area contributed by atoms with Crippen LogP contribution < -0.4 is 15.2 Å².